The Morgan fingerprint density at radius 3 is 2.65 bits per heavy atom. The topological polar surface area (TPSA) is 18.8 Å². The first kappa shape index (κ1) is 13.6. The van der Waals surface area contributed by atoms with E-state index in [4.69, 9.17) is 34.8 Å². The number of allylic oxidation sites excluding steroid dienone is 2. The molecule has 2 aliphatic rings. The van der Waals surface area contributed by atoms with E-state index in [1.54, 1.807) is 23.3 Å². The molecule has 0 amide bonds. The fourth-order valence-electron chi connectivity index (χ4n) is 2.04. The van der Waals surface area contributed by atoms with Crippen molar-refractivity contribution >= 4 is 46.3 Å². The predicted molar refractivity (Wildman–Crippen MR) is 85.3 cm³/mol. The SMILES string of the molecule is CN1C=C(Cl)C2=CC=CN(c3ccc(Cl)c(Cl)c3)C2=N1. The third-order valence-electron chi connectivity index (χ3n) is 2.96. The molecule has 0 radical (unpaired) electrons. The van der Waals surface area contributed by atoms with Crippen LogP contribution in [0.1, 0.15) is 0 Å². The molecule has 0 unspecified atom stereocenters. The molecule has 3 rings (SSSR count). The summed E-state index contributed by atoms with van der Waals surface area (Å²) in [4.78, 5) is 1.92. The van der Waals surface area contributed by atoms with Gasteiger partial charge in [-0.25, -0.2) is 0 Å². The lowest BCUT2D eigenvalue weighted by Gasteiger charge is -2.30. The Kier molecular flexibility index (Phi) is 3.50. The molecule has 0 aliphatic carbocycles. The second-order valence-corrected chi connectivity index (χ2v) is 5.59. The highest BCUT2D eigenvalue weighted by molar-refractivity contribution is 6.42. The molecule has 0 aromatic heterocycles. The summed E-state index contributed by atoms with van der Waals surface area (Å²) in [6.07, 6.45) is 7.52. The van der Waals surface area contributed by atoms with Crippen molar-refractivity contribution in [2.75, 3.05) is 11.9 Å². The molecule has 1 aromatic carbocycles. The maximum atomic E-state index is 6.26. The lowest BCUT2D eigenvalue weighted by molar-refractivity contribution is 0.483. The van der Waals surface area contributed by atoms with E-state index in [9.17, 15) is 0 Å². The Morgan fingerprint density at radius 2 is 1.90 bits per heavy atom. The molecule has 2 aliphatic heterocycles. The molecule has 0 atom stereocenters. The van der Waals surface area contributed by atoms with Crippen molar-refractivity contribution in [1.29, 1.82) is 0 Å². The molecule has 0 spiro atoms. The first-order chi connectivity index (χ1) is 9.56. The molecule has 2 heterocycles. The fourth-order valence-corrected chi connectivity index (χ4v) is 2.62. The summed E-state index contributed by atoms with van der Waals surface area (Å²) in [5, 5.41) is 7.83. The second kappa shape index (κ2) is 5.17. The van der Waals surface area contributed by atoms with Crippen LogP contribution in [-0.4, -0.2) is 17.9 Å². The average Bonchev–Trinajstić information content (AvgIpc) is 2.41. The van der Waals surface area contributed by atoms with E-state index in [0.717, 1.165) is 17.1 Å². The number of nitrogens with zero attached hydrogens (tertiary/aromatic N) is 3. The van der Waals surface area contributed by atoms with Gasteiger partial charge in [0.2, 0.25) is 0 Å². The van der Waals surface area contributed by atoms with E-state index in [2.05, 4.69) is 5.10 Å². The van der Waals surface area contributed by atoms with Gasteiger partial charge in [-0.05, 0) is 30.4 Å². The van der Waals surface area contributed by atoms with E-state index in [-0.39, 0.29) is 0 Å². The highest BCUT2D eigenvalue weighted by atomic mass is 35.5. The Balaban J connectivity index is 2.05. The summed E-state index contributed by atoms with van der Waals surface area (Å²) >= 11 is 18.3. The van der Waals surface area contributed by atoms with Gasteiger partial charge in [-0.1, -0.05) is 34.8 Å². The van der Waals surface area contributed by atoms with Crippen molar-refractivity contribution in [3.05, 3.63) is 63.4 Å². The van der Waals surface area contributed by atoms with Crippen LogP contribution in [-0.2, 0) is 0 Å². The molecular formula is C14H10Cl3N3. The van der Waals surface area contributed by atoms with Crippen LogP contribution >= 0.6 is 34.8 Å². The monoisotopic (exact) mass is 325 g/mol. The number of halogens is 3. The largest absolute Gasteiger partial charge is 0.300 e. The van der Waals surface area contributed by atoms with Crippen LogP contribution in [0.4, 0.5) is 5.69 Å². The molecule has 0 bridgehead atoms. The first-order valence-electron chi connectivity index (χ1n) is 5.88. The Bertz CT molecular complexity index is 689. The summed E-state index contributed by atoms with van der Waals surface area (Å²) in [6.45, 7) is 0. The van der Waals surface area contributed by atoms with Crippen LogP contribution in [0.15, 0.2) is 58.5 Å². The summed E-state index contributed by atoms with van der Waals surface area (Å²) in [5.41, 5.74) is 1.75. The van der Waals surface area contributed by atoms with Gasteiger partial charge in [0.1, 0.15) is 0 Å². The van der Waals surface area contributed by atoms with E-state index in [1.165, 1.54) is 0 Å². The summed E-state index contributed by atoms with van der Waals surface area (Å²) in [7, 11) is 1.83. The predicted octanol–water partition coefficient (Wildman–Crippen LogP) is 4.59. The van der Waals surface area contributed by atoms with E-state index in [1.807, 2.05) is 36.4 Å². The maximum Gasteiger partial charge on any atom is 0.166 e. The van der Waals surface area contributed by atoms with Crippen LogP contribution in [0.2, 0.25) is 10.0 Å². The van der Waals surface area contributed by atoms with Gasteiger partial charge >= 0.3 is 0 Å². The molecule has 20 heavy (non-hydrogen) atoms. The standard InChI is InChI=1S/C14H10Cl3N3/c1-19-8-13(17)10-3-2-6-20(14(10)18-19)9-4-5-11(15)12(16)7-9/h2-8H,1H3. The Morgan fingerprint density at radius 1 is 1.10 bits per heavy atom. The van der Waals surface area contributed by atoms with Crippen LogP contribution in [0.25, 0.3) is 0 Å². The van der Waals surface area contributed by atoms with E-state index in [0.29, 0.717) is 15.1 Å². The number of hydrogen-bond donors (Lipinski definition) is 0. The van der Waals surface area contributed by atoms with Gasteiger partial charge in [0.15, 0.2) is 5.84 Å². The highest BCUT2D eigenvalue weighted by Gasteiger charge is 2.24. The minimum Gasteiger partial charge on any atom is -0.300 e. The zero-order valence-electron chi connectivity index (χ0n) is 10.5. The van der Waals surface area contributed by atoms with Gasteiger partial charge in [0, 0.05) is 30.7 Å². The Hall–Kier alpha value is -1.42. The molecule has 102 valence electrons. The zero-order chi connectivity index (χ0) is 14.3. The zero-order valence-corrected chi connectivity index (χ0v) is 12.8. The van der Waals surface area contributed by atoms with Crippen LogP contribution in [0.5, 0.6) is 0 Å². The van der Waals surface area contributed by atoms with Crippen molar-refractivity contribution < 1.29 is 0 Å². The summed E-state index contributed by atoms with van der Waals surface area (Å²) in [5.74, 6) is 0.751. The number of hydrazone groups is 1. The molecule has 6 heteroatoms. The minimum absolute atomic E-state index is 0.500. The summed E-state index contributed by atoms with van der Waals surface area (Å²) in [6, 6.07) is 5.44. The van der Waals surface area contributed by atoms with Gasteiger partial charge < -0.3 is 0 Å². The number of rotatable bonds is 1. The maximum absolute atomic E-state index is 6.26. The van der Waals surface area contributed by atoms with Crippen LogP contribution < -0.4 is 4.90 Å². The van der Waals surface area contributed by atoms with E-state index < -0.39 is 0 Å². The van der Waals surface area contributed by atoms with Crippen LogP contribution in [0, 0.1) is 0 Å². The smallest absolute Gasteiger partial charge is 0.166 e. The highest BCUT2D eigenvalue weighted by Crippen LogP contribution is 2.32. The lowest BCUT2D eigenvalue weighted by Crippen LogP contribution is -2.33. The molecular weight excluding hydrogens is 317 g/mol. The van der Waals surface area contributed by atoms with Gasteiger partial charge in [-0.3, -0.25) is 9.91 Å². The number of hydrogen-bond acceptors (Lipinski definition) is 3. The van der Waals surface area contributed by atoms with Crippen molar-refractivity contribution in [3.63, 3.8) is 0 Å². The fraction of sp³-hybridized carbons (Fsp3) is 0.0714. The molecule has 1 aromatic rings. The molecule has 0 N–H and O–H groups in total. The lowest BCUT2D eigenvalue weighted by atomic mass is 10.1. The van der Waals surface area contributed by atoms with Crippen LogP contribution in [0.3, 0.4) is 0 Å². The number of fused-ring (bicyclic) bond motifs is 1. The van der Waals surface area contributed by atoms with Crippen molar-refractivity contribution in [2.45, 2.75) is 0 Å². The normalized spacial score (nSPS) is 17.5. The quantitative estimate of drug-likeness (QED) is 0.751. The third kappa shape index (κ3) is 2.33. The third-order valence-corrected chi connectivity index (χ3v) is 4.00. The minimum atomic E-state index is 0.500. The first-order valence-corrected chi connectivity index (χ1v) is 7.02. The average molecular weight is 327 g/mol. The molecule has 3 nitrogen and oxygen atoms in total. The van der Waals surface area contributed by atoms with Crippen molar-refractivity contribution in [2.24, 2.45) is 5.10 Å². The van der Waals surface area contributed by atoms with Gasteiger partial charge in [0.05, 0.1) is 15.1 Å². The number of amidine groups is 1. The van der Waals surface area contributed by atoms with Gasteiger partial charge in [-0.2, -0.15) is 5.10 Å². The number of benzene rings is 1. The molecule has 0 saturated carbocycles. The number of anilines is 1. The molecule has 0 saturated heterocycles. The van der Waals surface area contributed by atoms with Crippen molar-refractivity contribution in [1.82, 2.24) is 5.01 Å². The Labute approximate surface area is 132 Å². The van der Waals surface area contributed by atoms with Gasteiger partial charge in [-0.15, -0.1) is 0 Å². The summed E-state index contributed by atoms with van der Waals surface area (Å²) < 4.78 is 0. The molecule has 0 fully saturated rings. The second-order valence-electron chi connectivity index (χ2n) is 4.36. The van der Waals surface area contributed by atoms with Crippen molar-refractivity contribution in [3.8, 4) is 0 Å². The van der Waals surface area contributed by atoms with Gasteiger partial charge in [0.25, 0.3) is 0 Å². The van der Waals surface area contributed by atoms with E-state index >= 15 is 0 Å².